The maximum absolute atomic E-state index is 12.0. The molecule has 0 amide bonds. The number of H-pyrrole nitrogens is 1. The minimum atomic E-state index is -0.424. The lowest BCUT2D eigenvalue weighted by molar-refractivity contribution is 0.0330. The molecule has 20 heavy (non-hydrogen) atoms. The number of esters is 1. The summed E-state index contributed by atoms with van der Waals surface area (Å²) in [5.41, 5.74) is 2.12. The molecule has 0 radical (unpaired) electrons. The number of carbonyl (C=O) groups is 1. The molecule has 0 saturated carbocycles. The van der Waals surface area contributed by atoms with Gasteiger partial charge in [0.25, 0.3) is 0 Å². The largest absolute Gasteiger partial charge is 0.453 e. The zero-order valence-corrected chi connectivity index (χ0v) is 12.3. The molecule has 0 aliphatic rings. The molecular weight excluding hydrogens is 256 g/mol. The second-order valence-corrected chi connectivity index (χ2v) is 5.37. The first kappa shape index (κ1) is 14.3. The van der Waals surface area contributed by atoms with Gasteiger partial charge in [-0.1, -0.05) is 13.8 Å². The predicted octanol–water partition coefficient (Wildman–Crippen LogP) is 2.26. The first-order valence-electron chi connectivity index (χ1n) is 6.69. The molecule has 0 aliphatic carbocycles. The van der Waals surface area contributed by atoms with Crippen LogP contribution in [0.1, 0.15) is 48.6 Å². The quantitative estimate of drug-likeness (QED) is 0.850. The molecule has 108 valence electrons. The first-order valence-corrected chi connectivity index (χ1v) is 6.69. The SMILES string of the molecule is CC(C)Cc1cc(C(=O)O[C@H](C)c2cnn(C)c2)n[nH]1. The van der Waals surface area contributed by atoms with Crippen LogP contribution in [0.3, 0.4) is 0 Å². The van der Waals surface area contributed by atoms with E-state index in [1.807, 2.05) is 20.2 Å². The minimum absolute atomic E-state index is 0.316. The Morgan fingerprint density at radius 3 is 2.80 bits per heavy atom. The molecule has 1 N–H and O–H groups in total. The van der Waals surface area contributed by atoms with Crippen LogP contribution in [0.2, 0.25) is 0 Å². The Hall–Kier alpha value is -2.11. The van der Waals surface area contributed by atoms with Gasteiger partial charge in [0.2, 0.25) is 0 Å². The van der Waals surface area contributed by atoms with Crippen molar-refractivity contribution in [3.8, 4) is 0 Å². The van der Waals surface area contributed by atoms with Gasteiger partial charge < -0.3 is 4.74 Å². The molecule has 0 unspecified atom stereocenters. The predicted molar refractivity (Wildman–Crippen MR) is 74.2 cm³/mol. The number of hydrogen-bond acceptors (Lipinski definition) is 4. The number of aryl methyl sites for hydroxylation is 1. The van der Waals surface area contributed by atoms with E-state index in [1.54, 1.807) is 16.9 Å². The third-order valence-corrected chi connectivity index (χ3v) is 2.95. The lowest BCUT2D eigenvalue weighted by Gasteiger charge is -2.09. The Balaban J connectivity index is 1.99. The first-order chi connectivity index (χ1) is 9.45. The molecule has 2 rings (SSSR count). The lowest BCUT2D eigenvalue weighted by atomic mass is 10.1. The van der Waals surface area contributed by atoms with E-state index in [-0.39, 0.29) is 6.10 Å². The van der Waals surface area contributed by atoms with Crippen LogP contribution >= 0.6 is 0 Å². The number of carbonyl (C=O) groups excluding carboxylic acids is 1. The van der Waals surface area contributed by atoms with E-state index in [2.05, 4.69) is 29.1 Å². The van der Waals surface area contributed by atoms with Gasteiger partial charge in [-0.15, -0.1) is 0 Å². The van der Waals surface area contributed by atoms with E-state index < -0.39 is 5.97 Å². The molecule has 2 aromatic rings. The van der Waals surface area contributed by atoms with Gasteiger partial charge in [-0.25, -0.2) is 4.79 Å². The van der Waals surface area contributed by atoms with Gasteiger partial charge in [-0.3, -0.25) is 9.78 Å². The zero-order chi connectivity index (χ0) is 14.7. The average Bonchev–Trinajstić information content (AvgIpc) is 2.97. The Labute approximate surface area is 118 Å². The van der Waals surface area contributed by atoms with Gasteiger partial charge in [0, 0.05) is 24.5 Å². The highest BCUT2D eigenvalue weighted by atomic mass is 16.5. The Morgan fingerprint density at radius 2 is 2.20 bits per heavy atom. The number of ether oxygens (including phenoxy) is 1. The molecule has 2 aromatic heterocycles. The lowest BCUT2D eigenvalue weighted by Crippen LogP contribution is -2.09. The number of aromatic amines is 1. The van der Waals surface area contributed by atoms with E-state index >= 15 is 0 Å². The summed E-state index contributed by atoms with van der Waals surface area (Å²) < 4.78 is 7.05. The van der Waals surface area contributed by atoms with E-state index in [0.717, 1.165) is 17.7 Å². The topological polar surface area (TPSA) is 72.8 Å². The van der Waals surface area contributed by atoms with Crippen LogP contribution < -0.4 is 0 Å². The van der Waals surface area contributed by atoms with Gasteiger partial charge in [-0.2, -0.15) is 10.2 Å². The van der Waals surface area contributed by atoms with Gasteiger partial charge in [0.15, 0.2) is 5.69 Å². The third kappa shape index (κ3) is 3.46. The molecule has 0 fully saturated rings. The number of nitrogens with zero attached hydrogens (tertiary/aromatic N) is 3. The summed E-state index contributed by atoms with van der Waals surface area (Å²) in [6, 6.07) is 1.75. The molecule has 0 aromatic carbocycles. The maximum atomic E-state index is 12.0. The average molecular weight is 276 g/mol. The van der Waals surface area contributed by atoms with Gasteiger partial charge >= 0.3 is 5.97 Å². The molecule has 6 heteroatoms. The van der Waals surface area contributed by atoms with E-state index in [1.165, 1.54) is 0 Å². The highest BCUT2D eigenvalue weighted by Gasteiger charge is 2.17. The number of hydrogen-bond donors (Lipinski definition) is 1. The van der Waals surface area contributed by atoms with Gasteiger partial charge in [0.05, 0.1) is 6.20 Å². The fourth-order valence-electron chi connectivity index (χ4n) is 1.95. The monoisotopic (exact) mass is 276 g/mol. The molecule has 6 nitrogen and oxygen atoms in total. The van der Waals surface area contributed by atoms with E-state index in [4.69, 9.17) is 4.74 Å². The normalized spacial score (nSPS) is 12.7. The number of rotatable bonds is 5. The Morgan fingerprint density at radius 1 is 1.45 bits per heavy atom. The molecule has 0 bridgehead atoms. The summed E-state index contributed by atoms with van der Waals surface area (Å²) in [6.45, 7) is 6.04. The molecule has 0 aliphatic heterocycles. The van der Waals surface area contributed by atoms with Crippen LogP contribution in [0, 0.1) is 5.92 Å². The van der Waals surface area contributed by atoms with E-state index in [0.29, 0.717) is 11.6 Å². The van der Waals surface area contributed by atoms with Crippen LogP contribution in [0.4, 0.5) is 0 Å². The van der Waals surface area contributed by atoms with Crippen LogP contribution in [-0.2, 0) is 18.2 Å². The Kier molecular flexibility index (Phi) is 4.22. The molecule has 0 spiro atoms. The third-order valence-electron chi connectivity index (χ3n) is 2.95. The smallest absolute Gasteiger partial charge is 0.359 e. The van der Waals surface area contributed by atoms with Crippen molar-refractivity contribution in [2.45, 2.75) is 33.3 Å². The van der Waals surface area contributed by atoms with Crippen molar-refractivity contribution in [2.24, 2.45) is 13.0 Å². The Bertz CT molecular complexity index is 586. The summed E-state index contributed by atoms with van der Waals surface area (Å²) >= 11 is 0. The fourth-order valence-corrected chi connectivity index (χ4v) is 1.95. The zero-order valence-electron chi connectivity index (χ0n) is 12.3. The van der Waals surface area contributed by atoms with Gasteiger partial charge in [-0.05, 0) is 25.3 Å². The highest BCUT2D eigenvalue weighted by Crippen LogP contribution is 2.17. The van der Waals surface area contributed by atoms with Crippen LogP contribution in [0.15, 0.2) is 18.5 Å². The molecule has 0 saturated heterocycles. The van der Waals surface area contributed by atoms with Crippen molar-refractivity contribution < 1.29 is 9.53 Å². The number of aromatic nitrogens is 4. The molecule has 2 heterocycles. The van der Waals surface area contributed by atoms with Crippen molar-refractivity contribution in [2.75, 3.05) is 0 Å². The second-order valence-electron chi connectivity index (χ2n) is 5.37. The van der Waals surface area contributed by atoms with Crippen molar-refractivity contribution in [3.05, 3.63) is 35.4 Å². The standard InChI is InChI=1S/C14H20N4O2/c1-9(2)5-12-6-13(17-16-12)14(19)20-10(3)11-7-15-18(4)8-11/h6-10H,5H2,1-4H3,(H,16,17)/t10-/m1/s1. The summed E-state index contributed by atoms with van der Waals surface area (Å²) in [7, 11) is 1.82. The number of nitrogens with one attached hydrogen (secondary N) is 1. The second kappa shape index (κ2) is 5.90. The van der Waals surface area contributed by atoms with Crippen LogP contribution in [0.25, 0.3) is 0 Å². The van der Waals surface area contributed by atoms with Crippen LogP contribution in [0.5, 0.6) is 0 Å². The molecule has 1 atom stereocenters. The summed E-state index contributed by atoms with van der Waals surface area (Å²) in [5, 5.41) is 10.9. The van der Waals surface area contributed by atoms with E-state index in [9.17, 15) is 4.79 Å². The van der Waals surface area contributed by atoms with Crippen molar-refractivity contribution in [1.82, 2.24) is 20.0 Å². The van der Waals surface area contributed by atoms with Crippen molar-refractivity contribution in [3.63, 3.8) is 0 Å². The molecular formula is C14H20N4O2. The fraction of sp³-hybridized carbons (Fsp3) is 0.500. The van der Waals surface area contributed by atoms with Gasteiger partial charge in [0.1, 0.15) is 6.10 Å². The van der Waals surface area contributed by atoms with Crippen molar-refractivity contribution >= 4 is 5.97 Å². The summed E-state index contributed by atoms with van der Waals surface area (Å²) in [4.78, 5) is 12.0. The maximum Gasteiger partial charge on any atom is 0.359 e. The van der Waals surface area contributed by atoms with Crippen LogP contribution in [-0.4, -0.2) is 25.9 Å². The highest BCUT2D eigenvalue weighted by molar-refractivity contribution is 5.87. The van der Waals surface area contributed by atoms with Crippen molar-refractivity contribution in [1.29, 1.82) is 0 Å². The minimum Gasteiger partial charge on any atom is -0.453 e. The summed E-state index contributed by atoms with van der Waals surface area (Å²) in [5.74, 6) is 0.0845. The summed E-state index contributed by atoms with van der Waals surface area (Å²) in [6.07, 6.45) is 4.03.